The Kier molecular flexibility index (Phi) is 2.35. The molecule has 1 heterocycles. The highest BCUT2D eigenvalue weighted by molar-refractivity contribution is 6.32. The van der Waals surface area contributed by atoms with Gasteiger partial charge in [-0.15, -0.1) is 0 Å². The van der Waals surface area contributed by atoms with Gasteiger partial charge in [-0.05, 0) is 31.9 Å². The van der Waals surface area contributed by atoms with E-state index in [9.17, 15) is 0 Å². The number of halogens is 1. The van der Waals surface area contributed by atoms with Gasteiger partial charge in [0, 0.05) is 5.69 Å². The van der Waals surface area contributed by atoms with Crippen LogP contribution in [0.1, 0.15) is 22.5 Å². The van der Waals surface area contributed by atoms with Crippen molar-refractivity contribution < 1.29 is 0 Å². The SMILES string of the molecule is Cc1nc(C#N)c(Cl)c(C)c1C. The maximum absolute atomic E-state index is 8.66. The summed E-state index contributed by atoms with van der Waals surface area (Å²) in [5.41, 5.74) is 3.19. The van der Waals surface area contributed by atoms with Gasteiger partial charge in [0.2, 0.25) is 0 Å². The molecule has 0 amide bonds. The first-order valence-electron chi connectivity index (χ1n) is 3.61. The lowest BCUT2D eigenvalue weighted by Gasteiger charge is -2.06. The molecule has 1 aromatic rings. The molecule has 0 radical (unpaired) electrons. The Morgan fingerprint density at radius 3 is 2.33 bits per heavy atom. The number of aryl methyl sites for hydroxylation is 1. The monoisotopic (exact) mass is 180 g/mol. The normalized spacial score (nSPS) is 9.58. The second kappa shape index (κ2) is 3.12. The van der Waals surface area contributed by atoms with E-state index in [4.69, 9.17) is 16.9 Å². The molecule has 0 bridgehead atoms. The summed E-state index contributed by atoms with van der Waals surface area (Å²) in [7, 11) is 0. The minimum absolute atomic E-state index is 0.317. The molecule has 1 aromatic heterocycles. The van der Waals surface area contributed by atoms with Gasteiger partial charge < -0.3 is 0 Å². The molecular formula is C9H9ClN2. The summed E-state index contributed by atoms with van der Waals surface area (Å²) in [6, 6.07) is 1.96. The van der Waals surface area contributed by atoms with Crippen molar-refractivity contribution in [2.45, 2.75) is 20.8 Å². The number of hydrogen-bond donors (Lipinski definition) is 0. The van der Waals surface area contributed by atoms with Crippen LogP contribution < -0.4 is 0 Å². The molecule has 0 fully saturated rings. The summed E-state index contributed by atoms with van der Waals surface area (Å²) >= 11 is 5.89. The topological polar surface area (TPSA) is 36.7 Å². The second-order valence-corrected chi connectivity index (χ2v) is 3.10. The summed E-state index contributed by atoms with van der Waals surface area (Å²) in [5, 5.41) is 9.13. The molecule has 0 saturated heterocycles. The van der Waals surface area contributed by atoms with E-state index in [0.29, 0.717) is 10.7 Å². The molecule has 0 aliphatic carbocycles. The van der Waals surface area contributed by atoms with E-state index in [1.165, 1.54) is 0 Å². The zero-order chi connectivity index (χ0) is 9.30. The Hall–Kier alpha value is -1.07. The van der Waals surface area contributed by atoms with Crippen LogP contribution in [-0.2, 0) is 0 Å². The highest BCUT2D eigenvalue weighted by atomic mass is 35.5. The zero-order valence-electron chi connectivity index (χ0n) is 7.27. The fourth-order valence-electron chi connectivity index (χ4n) is 0.988. The standard InChI is InChI=1S/C9H9ClN2/c1-5-6(2)9(10)8(4-11)12-7(5)3/h1-3H3. The third kappa shape index (κ3) is 1.28. The molecule has 62 valence electrons. The van der Waals surface area contributed by atoms with Crippen molar-refractivity contribution in [3.63, 3.8) is 0 Å². The third-order valence-electron chi connectivity index (χ3n) is 2.03. The van der Waals surface area contributed by atoms with E-state index in [-0.39, 0.29) is 0 Å². The van der Waals surface area contributed by atoms with Gasteiger partial charge in [-0.3, -0.25) is 0 Å². The van der Waals surface area contributed by atoms with Crippen LogP contribution in [0.15, 0.2) is 0 Å². The number of aromatic nitrogens is 1. The summed E-state index contributed by atoms with van der Waals surface area (Å²) in [6.45, 7) is 5.72. The Morgan fingerprint density at radius 1 is 1.25 bits per heavy atom. The lowest BCUT2D eigenvalue weighted by Crippen LogP contribution is -1.96. The molecule has 1 rings (SSSR count). The Balaban J connectivity index is 3.52. The molecule has 12 heavy (non-hydrogen) atoms. The van der Waals surface area contributed by atoms with E-state index in [0.717, 1.165) is 16.8 Å². The molecule has 0 N–H and O–H groups in total. The molecule has 0 atom stereocenters. The van der Waals surface area contributed by atoms with Gasteiger partial charge in [0.25, 0.3) is 0 Å². The van der Waals surface area contributed by atoms with Crippen LogP contribution >= 0.6 is 11.6 Å². The van der Waals surface area contributed by atoms with Crippen LogP contribution in [0.3, 0.4) is 0 Å². The van der Waals surface area contributed by atoms with Crippen LogP contribution in [-0.4, -0.2) is 4.98 Å². The van der Waals surface area contributed by atoms with E-state index < -0.39 is 0 Å². The summed E-state index contributed by atoms with van der Waals surface area (Å²) in [6.07, 6.45) is 0. The van der Waals surface area contributed by atoms with Crippen LogP contribution in [0.2, 0.25) is 5.02 Å². The Bertz CT molecular complexity index is 364. The van der Waals surface area contributed by atoms with Gasteiger partial charge >= 0.3 is 0 Å². The minimum atomic E-state index is 0.317. The van der Waals surface area contributed by atoms with E-state index in [2.05, 4.69) is 4.98 Å². The van der Waals surface area contributed by atoms with Gasteiger partial charge in [0.1, 0.15) is 6.07 Å². The van der Waals surface area contributed by atoms with E-state index in [1.54, 1.807) is 0 Å². The quantitative estimate of drug-likeness (QED) is 0.615. The number of nitriles is 1. The van der Waals surface area contributed by atoms with Crippen molar-refractivity contribution in [3.05, 3.63) is 27.5 Å². The third-order valence-corrected chi connectivity index (χ3v) is 2.49. The fourth-order valence-corrected chi connectivity index (χ4v) is 1.21. The van der Waals surface area contributed by atoms with E-state index >= 15 is 0 Å². The molecule has 0 unspecified atom stereocenters. The predicted octanol–water partition coefficient (Wildman–Crippen LogP) is 2.53. The van der Waals surface area contributed by atoms with Gasteiger partial charge in [-0.2, -0.15) is 5.26 Å². The van der Waals surface area contributed by atoms with Crippen LogP contribution in [0.4, 0.5) is 0 Å². The highest BCUT2D eigenvalue weighted by Gasteiger charge is 2.08. The molecular weight excluding hydrogens is 172 g/mol. The molecule has 0 spiro atoms. The van der Waals surface area contributed by atoms with Gasteiger partial charge in [0.05, 0.1) is 5.02 Å². The predicted molar refractivity (Wildman–Crippen MR) is 48.2 cm³/mol. The zero-order valence-corrected chi connectivity index (χ0v) is 8.03. The van der Waals surface area contributed by atoms with Crippen molar-refractivity contribution in [1.29, 1.82) is 5.26 Å². The van der Waals surface area contributed by atoms with Crippen molar-refractivity contribution >= 4 is 11.6 Å². The Labute approximate surface area is 76.8 Å². The highest BCUT2D eigenvalue weighted by Crippen LogP contribution is 2.22. The minimum Gasteiger partial charge on any atom is -0.241 e. The second-order valence-electron chi connectivity index (χ2n) is 2.72. The molecule has 3 heteroatoms. The molecule has 0 aromatic carbocycles. The molecule has 2 nitrogen and oxygen atoms in total. The number of pyridine rings is 1. The summed E-state index contributed by atoms with van der Waals surface area (Å²) in [4.78, 5) is 4.06. The van der Waals surface area contributed by atoms with Gasteiger partial charge in [0.15, 0.2) is 5.69 Å². The van der Waals surface area contributed by atoms with Crippen LogP contribution in [0, 0.1) is 32.1 Å². The maximum Gasteiger partial charge on any atom is 0.159 e. The molecule has 0 aliphatic rings. The summed E-state index contributed by atoms with van der Waals surface area (Å²) < 4.78 is 0. The largest absolute Gasteiger partial charge is 0.241 e. The Morgan fingerprint density at radius 2 is 1.83 bits per heavy atom. The van der Waals surface area contributed by atoms with Crippen molar-refractivity contribution in [2.24, 2.45) is 0 Å². The molecule has 0 aliphatic heterocycles. The number of rotatable bonds is 0. The summed E-state index contributed by atoms with van der Waals surface area (Å²) in [5.74, 6) is 0. The van der Waals surface area contributed by atoms with Crippen molar-refractivity contribution in [3.8, 4) is 6.07 Å². The smallest absolute Gasteiger partial charge is 0.159 e. The van der Waals surface area contributed by atoms with E-state index in [1.807, 2.05) is 26.8 Å². The van der Waals surface area contributed by atoms with Gasteiger partial charge in [-0.25, -0.2) is 4.98 Å². The lowest BCUT2D eigenvalue weighted by atomic mass is 10.1. The number of hydrogen-bond acceptors (Lipinski definition) is 2. The maximum atomic E-state index is 8.66. The van der Waals surface area contributed by atoms with Gasteiger partial charge in [-0.1, -0.05) is 11.6 Å². The first kappa shape index (κ1) is 9.02. The number of nitrogens with zero attached hydrogens (tertiary/aromatic N) is 2. The average Bonchev–Trinajstić information content (AvgIpc) is 2.08. The van der Waals surface area contributed by atoms with Crippen LogP contribution in [0.5, 0.6) is 0 Å². The van der Waals surface area contributed by atoms with Crippen molar-refractivity contribution in [2.75, 3.05) is 0 Å². The van der Waals surface area contributed by atoms with Crippen molar-refractivity contribution in [1.82, 2.24) is 4.98 Å². The average molecular weight is 181 g/mol. The van der Waals surface area contributed by atoms with Crippen LogP contribution in [0.25, 0.3) is 0 Å². The first-order valence-corrected chi connectivity index (χ1v) is 3.99. The lowest BCUT2D eigenvalue weighted by molar-refractivity contribution is 1.10. The fraction of sp³-hybridized carbons (Fsp3) is 0.333. The first-order chi connectivity index (χ1) is 5.57. The molecule has 0 saturated carbocycles.